The number of likely N-dealkylation sites (tertiary alicyclic amines) is 1. The van der Waals surface area contributed by atoms with E-state index in [9.17, 15) is 9.59 Å². The lowest BCUT2D eigenvalue weighted by Gasteiger charge is -2.24. The van der Waals surface area contributed by atoms with Gasteiger partial charge in [-0.3, -0.25) is 14.5 Å². The number of aliphatic carboxylic acids is 1. The van der Waals surface area contributed by atoms with E-state index in [1.54, 1.807) is 9.80 Å². The molecule has 20 heavy (non-hydrogen) atoms. The molecule has 106 valence electrons. The zero-order valence-electron chi connectivity index (χ0n) is 11.3. The standard InChI is InChI=1S/C15H18N2O3/c18-14(10-16-8-3-6-13(16)15(19)20)17-9-7-11-4-1-2-5-12(11)17/h1-2,4-5,13H,3,6-10H2,(H,19,20). The number of nitrogens with zero attached hydrogens (tertiary/aromatic N) is 2. The van der Waals surface area contributed by atoms with Crippen LogP contribution >= 0.6 is 0 Å². The van der Waals surface area contributed by atoms with Crippen LogP contribution in [0.4, 0.5) is 5.69 Å². The van der Waals surface area contributed by atoms with E-state index in [0.717, 1.165) is 18.5 Å². The number of amides is 1. The highest BCUT2D eigenvalue weighted by molar-refractivity contribution is 5.97. The van der Waals surface area contributed by atoms with Crippen molar-refractivity contribution in [2.45, 2.75) is 25.3 Å². The van der Waals surface area contributed by atoms with Gasteiger partial charge in [-0.25, -0.2) is 0 Å². The molecule has 5 nitrogen and oxygen atoms in total. The number of carbonyl (C=O) groups is 2. The Morgan fingerprint density at radius 3 is 2.85 bits per heavy atom. The van der Waals surface area contributed by atoms with Crippen LogP contribution in [-0.2, 0) is 16.0 Å². The molecule has 0 bridgehead atoms. The molecule has 3 rings (SSSR count). The van der Waals surface area contributed by atoms with Gasteiger partial charge in [0.1, 0.15) is 6.04 Å². The highest BCUT2D eigenvalue weighted by atomic mass is 16.4. The molecule has 2 heterocycles. The molecule has 2 aliphatic rings. The number of carboxylic acid groups (broad SMARTS) is 1. The smallest absolute Gasteiger partial charge is 0.320 e. The number of carboxylic acids is 1. The Morgan fingerprint density at radius 1 is 1.25 bits per heavy atom. The fraction of sp³-hybridized carbons (Fsp3) is 0.467. The van der Waals surface area contributed by atoms with Crippen molar-refractivity contribution >= 4 is 17.6 Å². The van der Waals surface area contributed by atoms with Gasteiger partial charge in [0.25, 0.3) is 0 Å². The first kappa shape index (κ1) is 13.1. The summed E-state index contributed by atoms with van der Waals surface area (Å²) >= 11 is 0. The minimum absolute atomic E-state index is 0.00287. The van der Waals surface area contributed by atoms with Crippen molar-refractivity contribution in [3.63, 3.8) is 0 Å². The van der Waals surface area contributed by atoms with Gasteiger partial charge in [0.05, 0.1) is 6.54 Å². The lowest BCUT2D eigenvalue weighted by atomic mass is 10.2. The third kappa shape index (κ3) is 2.29. The first-order chi connectivity index (χ1) is 9.66. The summed E-state index contributed by atoms with van der Waals surface area (Å²) in [7, 11) is 0. The Hall–Kier alpha value is -1.88. The molecule has 1 aromatic carbocycles. The van der Waals surface area contributed by atoms with Gasteiger partial charge < -0.3 is 10.0 Å². The zero-order valence-corrected chi connectivity index (χ0v) is 11.3. The first-order valence-electron chi connectivity index (χ1n) is 7.02. The summed E-state index contributed by atoms with van der Waals surface area (Å²) in [4.78, 5) is 27.1. The molecule has 1 fully saturated rings. The van der Waals surface area contributed by atoms with Crippen molar-refractivity contribution < 1.29 is 14.7 Å². The van der Waals surface area contributed by atoms with Crippen molar-refractivity contribution in [3.8, 4) is 0 Å². The number of para-hydroxylation sites is 1. The predicted molar refractivity (Wildman–Crippen MR) is 74.7 cm³/mol. The SMILES string of the molecule is O=C(O)C1CCCN1CC(=O)N1CCc2ccccc21. The van der Waals surface area contributed by atoms with Gasteiger partial charge in [0, 0.05) is 12.2 Å². The Kier molecular flexibility index (Phi) is 3.44. The molecule has 1 atom stereocenters. The van der Waals surface area contributed by atoms with Gasteiger partial charge in [0.15, 0.2) is 0 Å². The molecule has 1 saturated heterocycles. The van der Waals surface area contributed by atoms with E-state index in [1.165, 1.54) is 5.56 Å². The molecular weight excluding hydrogens is 256 g/mol. The van der Waals surface area contributed by atoms with E-state index in [2.05, 4.69) is 0 Å². The molecular formula is C15H18N2O3. The minimum atomic E-state index is -0.822. The maximum atomic E-state index is 12.4. The van der Waals surface area contributed by atoms with Crippen molar-refractivity contribution in [3.05, 3.63) is 29.8 Å². The second-order valence-electron chi connectivity index (χ2n) is 5.39. The summed E-state index contributed by atoms with van der Waals surface area (Å²) in [5.41, 5.74) is 2.17. The normalized spacial score (nSPS) is 22.0. The van der Waals surface area contributed by atoms with E-state index in [-0.39, 0.29) is 12.5 Å². The highest BCUT2D eigenvalue weighted by Gasteiger charge is 2.33. The molecule has 1 aromatic rings. The number of carbonyl (C=O) groups excluding carboxylic acids is 1. The monoisotopic (exact) mass is 274 g/mol. The maximum Gasteiger partial charge on any atom is 0.320 e. The quantitative estimate of drug-likeness (QED) is 0.897. The van der Waals surface area contributed by atoms with Gasteiger partial charge >= 0.3 is 5.97 Å². The number of anilines is 1. The summed E-state index contributed by atoms with van der Waals surface area (Å²) in [6, 6.07) is 7.41. The number of benzene rings is 1. The van der Waals surface area contributed by atoms with Crippen molar-refractivity contribution in [1.29, 1.82) is 0 Å². The summed E-state index contributed by atoms with van der Waals surface area (Å²) in [6.45, 7) is 1.59. The Morgan fingerprint density at radius 2 is 2.05 bits per heavy atom. The van der Waals surface area contributed by atoms with Crippen molar-refractivity contribution in [2.75, 3.05) is 24.5 Å². The second-order valence-corrected chi connectivity index (χ2v) is 5.39. The lowest BCUT2D eigenvalue weighted by Crippen LogP contribution is -2.44. The fourth-order valence-corrected chi connectivity index (χ4v) is 3.15. The maximum absolute atomic E-state index is 12.4. The third-order valence-corrected chi connectivity index (χ3v) is 4.18. The fourth-order valence-electron chi connectivity index (χ4n) is 3.15. The third-order valence-electron chi connectivity index (χ3n) is 4.18. The van der Waals surface area contributed by atoms with Crippen LogP contribution in [0.2, 0.25) is 0 Å². The van der Waals surface area contributed by atoms with Crippen LogP contribution in [0.5, 0.6) is 0 Å². The molecule has 0 spiro atoms. The molecule has 1 N–H and O–H groups in total. The van der Waals surface area contributed by atoms with Crippen LogP contribution in [-0.4, -0.2) is 47.6 Å². The molecule has 1 amide bonds. The van der Waals surface area contributed by atoms with E-state index in [4.69, 9.17) is 5.11 Å². The summed E-state index contributed by atoms with van der Waals surface area (Å²) in [6.07, 6.45) is 2.37. The molecule has 2 aliphatic heterocycles. The summed E-state index contributed by atoms with van der Waals surface area (Å²) in [5.74, 6) is -0.819. The second kappa shape index (κ2) is 5.25. The number of hydrogen-bond donors (Lipinski definition) is 1. The van der Waals surface area contributed by atoms with Crippen LogP contribution in [0.15, 0.2) is 24.3 Å². The number of rotatable bonds is 3. The van der Waals surface area contributed by atoms with Gasteiger partial charge in [-0.15, -0.1) is 0 Å². The van der Waals surface area contributed by atoms with E-state index < -0.39 is 12.0 Å². The van der Waals surface area contributed by atoms with Crippen LogP contribution in [0, 0.1) is 0 Å². The largest absolute Gasteiger partial charge is 0.480 e. The van der Waals surface area contributed by atoms with E-state index in [0.29, 0.717) is 19.5 Å². The Labute approximate surface area is 117 Å². The summed E-state index contributed by atoms with van der Waals surface area (Å²) in [5, 5.41) is 9.15. The summed E-state index contributed by atoms with van der Waals surface area (Å²) < 4.78 is 0. The predicted octanol–water partition coefficient (Wildman–Crippen LogP) is 1.12. The Bertz CT molecular complexity index is 544. The lowest BCUT2D eigenvalue weighted by molar-refractivity contribution is -0.142. The Balaban J connectivity index is 1.70. The van der Waals surface area contributed by atoms with Gasteiger partial charge in [-0.05, 0) is 37.4 Å². The average Bonchev–Trinajstić information content (AvgIpc) is 3.04. The van der Waals surface area contributed by atoms with Crippen molar-refractivity contribution in [2.24, 2.45) is 0 Å². The number of hydrogen-bond acceptors (Lipinski definition) is 3. The highest BCUT2D eigenvalue weighted by Crippen LogP contribution is 2.28. The van der Waals surface area contributed by atoms with Gasteiger partial charge in [-0.2, -0.15) is 0 Å². The van der Waals surface area contributed by atoms with Crippen LogP contribution in [0.25, 0.3) is 0 Å². The van der Waals surface area contributed by atoms with Crippen LogP contribution in [0.3, 0.4) is 0 Å². The van der Waals surface area contributed by atoms with E-state index >= 15 is 0 Å². The number of fused-ring (bicyclic) bond motifs is 1. The van der Waals surface area contributed by atoms with Gasteiger partial charge in [0.2, 0.25) is 5.91 Å². The molecule has 0 radical (unpaired) electrons. The van der Waals surface area contributed by atoms with Crippen LogP contribution in [0.1, 0.15) is 18.4 Å². The van der Waals surface area contributed by atoms with Crippen molar-refractivity contribution in [1.82, 2.24) is 4.90 Å². The molecule has 1 unspecified atom stereocenters. The molecule has 0 aromatic heterocycles. The molecule has 0 saturated carbocycles. The molecule has 0 aliphatic carbocycles. The topological polar surface area (TPSA) is 60.9 Å². The average molecular weight is 274 g/mol. The zero-order chi connectivity index (χ0) is 14.1. The minimum Gasteiger partial charge on any atom is -0.480 e. The van der Waals surface area contributed by atoms with Gasteiger partial charge in [-0.1, -0.05) is 18.2 Å². The first-order valence-corrected chi connectivity index (χ1v) is 7.02. The van der Waals surface area contributed by atoms with Crippen LogP contribution < -0.4 is 4.90 Å². The molecule has 5 heteroatoms. The van der Waals surface area contributed by atoms with E-state index in [1.807, 2.05) is 24.3 Å².